The molecule has 0 spiro atoms. The molecule has 0 saturated carbocycles. The van der Waals surface area contributed by atoms with Gasteiger partial charge in [0.15, 0.2) is 0 Å². The highest BCUT2D eigenvalue weighted by atomic mass is 79.9. The van der Waals surface area contributed by atoms with Gasteiger partial charge in [-0.3, -0.25) is 4.79 Å². The number of carboxylic acid groups (broad SMARTS) is 1. The number of aryl methyl sites for hydroxylation is 1. The third-order valence-corrected chi connectivity index (χ3v) is 3.85. The molecule has 0 unspecified atom stereocenters. The zero-order valence-corrected chi connectivity index (χ0v) is 13.1. The van der Waals surface area contributed by atoms with Crippen LogP contribution in [0.1, 0.15) is 27.0 Å². The maximum absolute atomic E-state index is 13.9. The number of carboxylic acids is 1. The summed E-state index contributed by atoms with van der Waals surface area (Å²) in [6.07, 6.45) is 1.33. The second kappa shape index (κ2) is 5.81. The lowest BCUT2D eigenvalue weighted by molar-refractivity contribution is 0.0694. The SMILES string of the molecule is Cc1c(Cc2ccc(Br)cc2F)c(C(=O)O)cn(C)c1=O. The molecule has 2 rings (SSSR count). The van der Waals surface area contributed by atoms with E-state index < -0.39 is 11.8 Å². The van der Waals surface area contributed by atoms with Gasteiger partial charge >= 0.3 is 5.97 Å². The smallest absolute Gasteiger partial charge is 0.337 e. The standard InChI is InChI=1S/C15H13BrFNO3/c1-8-11(5-9-3-4-10(16)6-13(9)17)12(15(20)21)7-18(2)14(8)19/h3-4,6-7H,5H2,1-2H3,(H,20,21). The lowest BCUT2D eigenvalue weighted by atomic mass is 9.97. The minimum absolute atomic E-state index is 0.0110. The number of aromatic nitrogens is 1. The molecule has 2 aromatic rings. The molecule has 0 fully saturated rings. The third kappa shape index (κ3) is 3.05. The minimum atomic E-state index is -1.14. The van der Waals surface area contributed by atoms with E-state index in [4.69, 9.17) is 0 Å². The first-order chi connectivity index (χ1) is 9.81. The van der Waals surface area contributed by atoms with Gasteiger partial charge in [0.2, 0.25) is 0 Å². The van der Waals surface area contributed by atoms with Crippen LogP contribution < -0.4 is 5.56 Å². The van der Waals surface area contributed by atoms with Crippen LogP contribution in [-0.2, 0) is 13.5 Å². The van der Waals surface area contributed by atoms with Gasteiger partial charge in [-0.2, -0.15) is 0 Å². The van der Waals surface area contributed by atoms with Crippen molar-refractivity contribution in [2.45, 2.75) is 13.3 Å². The molecule has 0 saturated heterocycles. The van der Waals surface area contributed by atoms with Crippen LogP contribution in [0.5, 0.6) is 0 Å². The van der Waals surface area contributed by atoms with Crippen molar-refractivity contribution < 1.29 is 14.3 Å². The van der Waals surface area contributed by atoms with Gasteiger partial charge in [0.25, 0.3) is 5.56 Å². The second-order valence-corrected chi connectivity index (χ2v) is 5.70. The number of hydrogen-bond acceptors (Lipinski definition) is 2. The van der Waals surface area contributed by atoms with Crippen molar-refractivity contribution in [1.29, 1.82) is 0 Å². The highest BCUT2D eigenvalue weighted by Gasteiger charge is 2.18. The van der Waals surface area contributed by atoms with E-state index in [0.29, 0.717) is 21.2 Å². The van der Waals surface area contributed by atoms with E-state index in [1.807, 2.05) is 0 Å². The molecular weight excluding hydrogens is 341 g/mol. The first-order valence-electron chi connectivity index (χ1n) is 6.17. The lowest BCUT2D eigenvalue weighted by Gasteiger charge is -2.12. The Morgan fingerprint density at radius 3 is 2.67 bits per heavy atom. The number of nitrogens with zero attached hydrogens (tertiary/aromatic N) is 1. The van der Waals surface area contributed by atoms with Gasteiger partial charge < -0.3 is 9.67 Å². The molecule has 21 heavy (non-hydrogen) atoms. The van der Waals surface area contributed by atoms with Gasteiger partial charge in [0.05, 0.1) is 5.56 Å². The highest BCUT2D eigenvalue weighted by Crippen LogP contribution is 2.21. The second-order valence-electron chi connectivity index (χ2n) is 4.78. The maximum Gasteiger partial charge on any atom is 0.337 e. The van der Waals surface area contributed by atoms with Crippen LogP contribution in [0, 0.1) is 12.7 Å². The summed E-state index contributed by atoms with van der Waals surface area (Å²) >= 11 is 3.17. The number of pyridine rings is 1. The van der Waals surface area contributed by atoms with Crippen LogP contribution in [0.15, 0.2) is 33.7 Å². The van der Waals surface area contributed by atoms with Crippen molar-refractivity contribution in [3.05, 3.63) is 67.3 Å². The van der Waals surface area contributed by atoms with Gasteiger partial charge in [0.1, 0.15) is 5.82 Å². The predicted molar refractivity (Wildman–Crippen MR) is 80.3 cm³/mol. The summed E-state index contributed by atoms with van der Waals surface area (Å²) < 4.78 is 15.7. The van der Waals surface area contributed by atoms with Gasteiger partial charge in [-0.25, -0.2) is 9.18 Å². The quantitative estimate of drug-likeness (QED) is 0.922. The van der Waals surface area contributed by atoms with E-state index in [1.54, 1.807) is 19.1 Å². The van der Waals surface area contributed by atoms with Gasteiger partial charge in [0, 0.05) is 29.7 Å². The van der Waals surface area contributed by atoms with Crippen LogP contribution in [0.2, 0.25) is 0 Å². The van der Waals surface area contributed by atoms with Crippen LogP contribution in [0.3, 0.4) is 0 Å². The Morgan fingerprint density at radius 2 is 2.10 bits per heavy atom. The molecule has 1 aromatic carbocycles. The molecule has 0 atom stereocenters. The van der Waals surface area contributed by atoms with Crippen molar-refractivity contribution in [3.8, 4) is 0 Å². The zero-order valence-electron chi connectivity index (χ0n) is 11.5. The Balaban J connectivity index is 2.60. The zero-order chi connectivity index (χ0) is 15.7. The van der Waals surface area contributed by atoms with E-state index in [0.717, 1.165) is 0 Å². The molecule has 0 radical (unpaired) electrons. The third-order valence-electron chi connectivity index (χ3n) is 3.35. The first kappa shape index (κ1) is 15.4. The molecule has 1 N–H and O–H groups in total. The van der Waals surface area contributed by atoms with Crippen molar-refractivity contribution >= 4 is 21.9 Å². The van der Waals surface area contributed by atoms with Crippen LogP contribution in [0.25, 0.3) is 0 Å². The summed E-state index contributed by atoms with van der Waals surface area (Å²) in [5.74, 6) is -1.58. The normalized spacial score (nSPS) is 10.7. The minimum Gasteiger partial charge on any atom is -0.478 e. The highest BCUT2D eigenvalue weighted by molar-refractivity contribution is 9.10. The molecular formula is C15H13BrFNO3. The number of benzene rings is 1. The Morgan fingerprint density at radius 1 is 1.43 bits per heavy atom. The molecule has 0 aliphatic heterocycles. The predicted octanol–water partition coefficient (Wildman–Crippen LogP) is 2.88. The summed E-state index contributed by atoms with van der Waals surface area (Å²) in [7, 11) is 1.49. The van der Waals surface area contributed by atoms with E-state index in [9.17, 15) is 19.1 Å². The molecule has 4 nitrogen and oxygen atoms in total. The molecule has 1 heterocycles. The Kier molecular flexibility index (Phi) is 4.27. The van der Waals surface area contributed by atoms with E-state index in [-0.39, 0.29) is 17.5 Å². The van der Waals surface area contributed by atoms with E-state index in [2.05, 4.69) is 15.9 Å². The fourth-order valence-corrected chi connectivity index (χ4v) is 2.53. The molecule has 0 amide bonds. The molecule has 110 valence electrons. The number of halogens is 2. The Hall–Kier alpha value is -1.95. The molecule has 0 aliphatic carbocycles. The number of aromatic carboxylic acids is 1. The average molecular weight is 354 g/mol. The molecule has 1 aromatic heterocycles. The van der Waals surface area contributed by atoms with Crippen molar-refractivity contribution in [1.82, 2.24) is 4.57 Å². The maximum atomic E-state index is 13.9. The fraction of sp³-hybridized carbons (Fsp3) is 0.200. The summed E-state index contributed by atoms with van der Waals surface area (Å²) in [6.45, 7) is 1.56. The Labute approximate surface area is 129 Å². The topological polar surface area (TPSA) is 59.3 Å². The molecule has 0 aliphatic rings. The van der Waals surface area contributed by atoms with Gasteiger partial charge in [-0.05, 0) is 30.2 Å². The lowest BCUT2D eigenvalue weighted by Crippen LogP contribution is -2.24. The van der Waals surface area contributed by atoms with Crippen molar-refractivity contribution in [2.75, 3.05) is 0 Å². The van der Waals surface area contributed by atoms with Crippen LogP contribution >= 0.6 is 15.9 Å². The van der Waals surface area contributed by atoms with Crippen LogP contribution in [-0.4, -0.2) is 15.6 Å². The summed E-state index contributed by atoms with van der Waals surface area (Å²) in [4.78, 5) is 23.3. The van der Waals surface area contributed by atoms with Gasteiger partial charge in [-0.1, -0.05) is 22.0 Å². The molecule has 6 heteroatoms. The number of hydrogen-bond donors (Lipinski definition) is 1. The van der Waals surface area contributed by atoms with Crippen LogP contribution in [0.4, 0.5) is 4.39 Å². The van der Waals surface area contributed by atoms with Gasteiger partial charge in [-0.15, -0.1) is 0 Å². The number of carbonyl (C=O) groups is 1. The molecule has 0 bridgehead atoms. The Bertz CT molecular complexity index is 783. The van der Waals surface area contributed by atoms with Crippen molar-refractivity contribution in [3.63, 3.8) is 0 Å². The van der Waals surface area contributed by atoms with Crippen molar-refractivity contribution in [2.24, 2.45) is 7.05 Å². The average Bonchev–Trinajstić information content (AvgIpc) is 2.41. The summed E-state index contributed by atoms with van der Waals surface area (Å²) in [6, 6.07) is 4.56. The number of rotatable bonds is 3. The summed E-state index contributed by atoms with van der Waals surface area (Å²) in [5.41, 5.74) is 0.730. The first-order valence-corrected chi connectivity index (χ1v) is 6.97. The summed E-state index contributed by atoms with van der Waals surface area (Å²) in [5, 5.41) is 9.28. The van der Waals surface area contributed by atoms with E-state index >= 15 is 0 Å². The monoisotopic (exact) mass is 353 g/mol. The van der Waals surface area contributed by atoms with E-state index in [1.165, 1.54) is 23.9 Å². The largest absolute Gasteiger partial charge is 0.478 e. The fourth-order valence-electron chi connectivity index (χ4n) is 2.19.